The van der Waals surface area contributed by atoms with Crippen LogP contribution in [0.2, 0.25) is 10.0 Å². The first-order chi connectivity index (χ1) is 11.4. The zero-order chi connectivity index (χ0) is 17.4. The van der Waals surface area contributed by atoms with Gasteiger partial charge in [0.05, 0.1) is 21.3 Å². The monoisotopic (exact) mass is 381 g/mol. The van der Waals surface area contributed by atoms with E-state index in [9.17, 15) is 13.8 Å². The predicted octanol–water partition coefficient (Wildman–Crippen LogP) is 4.00. The summed E-state index contributed by atoms with van der Waals surface area (Å²) in [4.78, 5) is 23.7. The van der Waals surface area contributed by atoms with Crippen molar-refractivity contribution in [2.75, 3.05) is 4.72 Å². The number of benzene rings is 2. The third-order valence-corrected chi connectivity index (χ3v) is 5.23. The number of carbonyl (C=O) groups excluding carboxylic acids is 1. The molecule has 0 radical (unpaired) electrons. The molecule has 8 heteroatoms. The Morgan fingerprint density at radius 2 is 1.88 bits per heavy atom. The summed E-state index contributed by atoms with van der Waals surface area (Å²) in [6.45, 7) is 0. The Kier molecular flexibility index (Phi) is 4.45. The number of halogens is 2. The number of rotatable bonds is 2. The van der Waals surface area contributed by atoms with Crippen LogP contribution in [-0.4, -0.2) is 21.1 Å². The minimum Gasteiger partial charge on any atom is -0.478 e. The maximum Gasteiger partial charge on any atom is 0.335 e. The van der Waals surface area contributed by atoms with Gasteiger partial charge in [-0.15, -0.1) is 0 Å². The van der Waals surface area contributed by atoms with Crippen LogP contribution < -0.4 is 4.72 Å². The molecule has 1 aliphatic rings. The molecular formula is C16H9Cl2NO4S. The maximum absolute atomic E-state index is 12.6. The van der Waals surface area contributed by atoms with Gasteiger partial charge in [0.25, 0.3) is 0 Å². The molecule has 0 bridgehead atoms. The second-order valence-electron chi connectivity index (χ2n) is 4.95. The van der Waals surface area contributed by atoms with Gasteiger partial charge in [-0.05, 0) is 42.0 Å². The van der Waals surface area contributed by atoms with Crippen molar-refractivity contribution in [2.45, 2.75) is 0 Å². The summed E-state index contributed by atoms with van der Waals surface area (Å²) in [5.41, 5.74) is 1.02. The van der Waals surface area contributed by atoms with Crippen LogP contribution in [0.25, 0.3) is 6.08 Å². The number of aromatic carboxylic acids is 1. The van der Waals surface area contributed by atoms with E-state index in [0.717, 1.165) is 0 Å². The lowest BCUT2D eigenvalue weighted by molar-refractivity contribution is 0.0697. The van der Waals surface area contributed by atoms with Crippen LogP contribution in [0, 0.1) is 0 Å². The van der Waals surface area contributed by atoms with E-state index in [1.807, 2.05) is 0 Å². The number of carbonyl (C=O) groups is 2. The van der Waals surface area contributed by atoms with E-state index in [4.69, 9.17) is 28.3 Å². The van der Waals surface area contributed by atoms with Crippen LogP contribution >= 0.6 is 23.2 Å². The molecule has 122 valence electrons. The van der Waals surface area contributed by atoms with E-state index in [1.54, 1.807) is 18.2 Å². The van der Waals surface area contributed by atoms with Crippen molar-refractivity contribution in [2.24, 2.45) is 0 Å². The molecular weight excluding hydrogens is 373 g/mol. The molecule has 0 spiro atoms. The molecule has 2 N–H and O–H groups in total. The van der Waals surface area contributed by atoms with Crippen molar-refractivity contribution < 1.29 is 18.9 Å². The first-order valence-electron chi connectivity index (χ1n) is 6.64. The molecule has 1 atom stereocenters. The van der Waals surface area contributed by atoms with E-state index >= 15 is 0 Å². The smallest absolute Gasteiger partial charge is 0.335 e. The average Bonchev–Trinajstić information content (AvgIpc) is 2.54. The molecule has 1 aliphatic heterocycles. The molecule has 0 aliphatic carbocycles. The highest BCUT2D eigenvalue weighted by Gasteiger charge is 2.28. The molecule has 3 rings (SSSR count). The molecule has 0 fully saturated rings. The number of ketones is 1. The van der Waals surface area contributed by atoms with Gasteiger partial charge in [0, 0.05) is 5.56 Å². The van der Waals surface area contributed by atoms with E-state index in [0.29, 0.717) is 21.3 Å². The van der Waals surface area contributed by atoms with Crippen molar-refractivity contribution in [3.8, 4) is 0 Å². The quantitative estimate of drug-likeness (QED) is 0.769. The Morgan fingerprint density at radius 3 is 2.54 bits per heavy atom. The summed E-state index contributed by atoms with van der Waals surface area (Å²) in [5.74, 6) is -1.65. The Morgan fingerprint density at radius 1 is 1.12 bits per heavy atom. The minimum absolute atomic E-state index is 0.00317. The number of allylic oxidation sites excluding steroid dienone is 1. The van der Waals surface area contributed by atoms with Gasteiger partial charge in [0.15, 0.2) is 11.0 Å². The minimum atomic E-state index is -1.76. The number of fused-ring (bicyclic) bond motifs is 1. The standard InChI is InChI=1S/C16H9Cl2NO4S/c17-11-3-1-8(5-12(11)18)6-14-15(20)10-7-9(16(21)22)2-4-13(10)19-24(14)23/h1-7,19H,(H,21,22)/b14-6+. The molecule has 0 saturated heterocycles. The third kappa shape index (κ3) is 3.08. The summed E-state index contributed by atoms with van der Waals surface area (Å²) in [6.07, 6.45) is 1.43. The third-order valence-electron chi connectivity index (χ3n) is 3.38. The van der Waals surface area contributed by atoms with Gasteiger partial charge < -0.3 is 9.83 Å². The summed E-state index contributed by atoms with van der Waals surface area (Å²) in [5, 5.41) is 9.72. The zero-order valence-electron chi connectivity index (χ0n) is 11.9. The van der Waals surface area contributed by atoms with Gasteiger partial charge in [0.1, 0.15) is 4.91 Å². The molecule has 0 saturated carbocycles. The topological polar surface area (TPSA) is 83.5 Å². The highest BCUT2D eigenvalue weighted by atomic mass is 35.5. The summed E-state index contributed by atoms with van der Waals surface area (Å²) in [6, 6.07) is 8.76. The van der Waals surface area contributed by atoms with Gasteiger partial charge in [0.2, 0.25) is 5.78 Å². The molecule has 0 aromatic heterocycles. The van der Waals surface area contributed by atoms with Crippen LogP contribution in [-0.2, 0) is 11.0 Å². The number of anilines is 1. The Hall–Kier alpha value is -2.15. The van der Waals surface area contributed by atoms with Crippen LogP contribution in [0.3, 0.4) is 0 Å². The Bertz CT molecular complexity index is 940. The number of Topliss-reactive ketones (excluding diaryl/α,β-unsaturated/α-hetero) is 1. The fourth-order valence-electron chi connectivity index (χ4n) is 2.20. The van der Waals surface area contributed by atoms with Crippen LogP contribution in [0.1, 0.15) is 26.3 Å². The largest absolute Gasteiger partial charge is 0.478 e. The molecule has 1 unspecified atom stereocenters. The fourth-order valence-corrected chi connectivity index (χ4v) is 3.51. The SMILES string of the molecule is O=C(O)c1ccc2c(c1)C(=O)/C(=C\c1ccc(Cl)c(Cl)c1)S(=O)N2. The highest BCUT2D eigenvalue weighted by Crippen LogP contribution is 2.30. The van der Waals surface area contributed by atoms with Crippen LogP contribution in [0.4, 0.5) is 5.69 Å². The summed E-state index contributed by atoms with van der Waals surface area (Å²) in [7, 11) is -1.76. The number of hydrogen-bond donors (Lipinski definition) is 2. The lowest BCUT2D eigenvalue weighted by atomic mass is 10.0. The summed E-state index contributed by atoms with van der Waals surface area (Å²) < 4.78 is 15.0. The number of nitrogens with one attached hydrogen (secondary N) is 1. The Balaban J connectivity index is 2.07. The van der Waals surface area contributed by atoms with Crippen molar-refractivity contribution in [1.82, 2.24) is 0 Å². The van der Waals surface area contributed by atoms with Gasteiger partial charge in [-0.1, -0.05) is 29.3 Å². The molecule has 0 amide bonds. The Labute approximate surface area is 149 Å². The predicted molar refractivity (Wildman–Crippen MR) is 93.9 cm³/mol. The first-order valence-corrected chi connectivity index (χ1v) is 8.54. The van der Waals surface area contributed by atoms with E-state index in [-0.39, 0.29) is 16.0 Å². The molecule has 24 heavy (non-hydrogen) atoms. The van der Waals surface area contributed by atoms with E-state index in [2.05, 4.69) is 4.72 Å². The number of carboxylic acid groups (broad SMARTS) is 1. The van der Waals surface area contributed by atoms with Gasteiger partial charge in [-0.3, -0.25) is 4.79 Å². The van der Waals surface area contributed by atoms with Gasteiger partial charge >= 0.3 is 5.97 Å². The zero-order valence-corrected chi connectivity index (χ0v) is 14.2. The fraction of sp³-hybridized carbons (Fsp3) is 0. The maximum atomic E-state index is 12.6. The normalized spacial score (nSPS) is 18.2. The first kappa shape index (κ1) is 16.7. The van der Waals surface area contributed by atoms with Gasteiger partial charge in [-0.2, -0.15) is 0 Å². The van der Waals surface area contributed by atoms with Crippen molar-refractivity contribution in [3.63, 3.8) is 0 Å². The van der Waals surface area contributed by atoms with Crippen molar-refractivity contribution >= 4 is 57.7 Å². The number of hydrogen-bond acceptors (Lipinski definition) is 3. The summed E-state index contributed by atoms with van der Waals surface area (Å²) >= 11 is 11.8. The van der Waals surface area contributed by atoms with Crippen molar-refractivity contribution in [3.05, 3.63) is 68.0 Å². The number of carboxylic acids is 1. The lowest BCUT2D eigenvalue weighted by Crippen LogP contribution is -2.23. The highest BCUT2D eigenvalue weighted by molar-refractivity contribution is 7.91. The lowest BCUT2D eigenvalue weighted by Gasteiger charge is -2.19. The average molecular weight is 382 g/mol. The molecule has 2 aromatic carbocycles. The van der Waals surface area contributed by atoms with Crippen LogP contribution in [0.5, 0.6) is 0 Å². The molecule has 1 heterocycles. The second-order valence-corrected chi connectivity index (χ2v) is 6.94. The van der Waals surface area contributed by atoms with E-state index in [1.165, 1.54) is 24.3 Å². The van der Waals surface area contributed by atoms with Crippen molar-refractivity contribution in [1.29, 1.82) is 0 Å². The molecule has 5 nitrogen and oxygen atoms in total. The second kappa shape index (κ2) is 6.39. The molecule has 2 aromatic rings. The van der Waals surface area contributed by atoms with E-state index < -0.39 is 22.7 Å². The van der Waals surface area contributed by atoms with Gasteiger partial charge in [-0.25, -0.2) is 9.00 Å². The van der Waals surface area contributed by atoms with Crippen LogP contribution in [0.15, 0.2) is 41.3 Å².